The average Bonchev–Trinajstić information content (AvgIpc) is 2.31. The van der Waals surface area contributed by atoms with Gasteiger partial charge in [0.15, 0.2) is 0 Å². The number of ether oxygens (including phenoxy) is 1. The number of benzene rings is 1. The minimum Gasteiger partial charge on any atom is -0.480 e. The summed E-state index contributed by atoms with van der Waals surface area (Å²) in [5, 5.41) is 10.9. The Morgan fingerprint density at radius 2 is 1.94 bits per heavy atom. The zero-order chi connectivity index (χ0) is 13.4. The maximum atomic E-state index is 11.5. The van der Waals surface area contributed by atoms with Crippen molar-refractivity contribution in [3.8, 4) is 0 Å². The molecule has 0 aliphatic rings. The van der Waals surface area contributed by atoms with Crippen LogP contribution in [0.3, 0.4) is 0 Å². The Hall–Kier alpha value is -2.08. The van der Waals surface area contributed by atoms with E-state index in [0.29, 0.717) is 12.2 Å². The zero-order valence-corrected chi connectivity index (χ0v) is 9.89. The second-order valence-corrected chi connectivity index (χ2v) is 3.71. The third kappa shape index (κ3) is 5.86. The Kier molecular flexibility index (Phi) is 5.66. The van der Waals surface area contributed by atoms with Crippen LogP contribution in [-0.4, -0.2) is 36.7 Å². The normalized spacial score (nSPS) is 10.0. The Bertz CT molecular complexity index is 403. The number of aliphatic carboxylic acids is 1. The van der Waals surface area contributed by atoms with Crippen molar-refractivity contribution in [1.29, 1.82) is 0 Å². The fraction of sp³-hybridized carbons (Fsp3) is 0.333. The number of nitrogens with two attached hydrogens (primary N) is 1. The predicted molar refractivity (Wildman–Crippen MR) is 66.0 cm³/mol. The molecule has 0 unspecified atom stereocenters. The summed E-state index contributed by atoms with van der Waals surface area (Å²) in [5.74, 6) is -1.16. The van der Waals surface area contributed by atoms with Gasteiger partial charge in [-0.1, -0.05) is 12.1 Å². The largest absolute Gasteiger partial charge is 0.480 e. The molecule has 1 amide bonds. The molecule has 4 N–H and O–H groups in total. The van der Waals surface area contributed by atoms with Crippen LogP contribution < -0.4 is 11.1 Å². The second kappa shape index (κ2) is 7.29. The molecule has 0 spiro atoms. The molecule has 0 aliphatic heterocycles. The number of carbonyl (C=O) groups excluding carboxylic acids is 1. The maximum absolute atomic E-state index is 11.5. The molecular formula is C12H16N2O4. The third-order valence-electron chi connectivity index (χ3n) is 2.14. The van der Waals surface area contributed by atoms with Crippen molar-refractivity contribution in [1.82, 2.24) is 5.32 Å². The first-order valence-electron chi connectivity index (χ1n) is 5.48. The number of anilines is 1. The first kappa shape index (κ1) is 14.0. The lowest BCUT2D eigenvalue weighted by Gasteiger charge is -2.05. The fourth-order valence-corrected chi connectivity index (χ4v) is 1.31. The number of rotatable bonds is 7. The Balaban J connectivity index is 2.17. The monoisotopic (exact) mass is 252 g/mol. The Morgan fingerprint density at radius 3 is 2.56 bits per heavy atom. The van der Waals surface area contributed by atoms with E-state index in [2.05, 4.69) is 5.32 Å². The van der Waals surface area contributed by atoms with Gasteiger partial charge in [0.2, 0.25) is 5.91 Å². The molecule has 0 bridgehead atoms. The highest BCUT2D eigenvalue weighted by Gasteiger charge is 2.03. The summed E-state index contributed by atoms with van der Waals surface area (Å²) in [6.07, 6.45) is 0.263. The van der Waals surface area contributed by atoms with Crippen LogP contribution in [0.15, 0.2) is 24.3 Å². The third-order valence-corrected chi connectivity index (χ3v) is 2.14. The van der Waals surface area contributed by atoms with Gasteiger partial charge >= 0.3 is 5.97 Å². The van der Waals surface area contributed by atoms with Gasteiger partial charge in [-0.2, -0.15) is 0 Å². The first-order valence-corrected chi connectivity index (χ1v) is 5.48. The van der Waals surface area contributed by atoms with E-state index in [1.54, 1.807) is 24.3 Å². The lowest BCUT2D eigenvalue weighted by molar-refractivity contribution is -0.142. The lowest BCUT2D eigenvalue weighted by Crippen LogP contribution is -2.29. The van der Waals surface area contributed by atoms with Gasteiger partial charge in [-0.25, -0.2) is 4.79 Å². The van der Waals surface area contributed by atoms with Gasteiger partial charge in [0, 0.05) is 12.2 Å². The number of hydrogen-bond donors (Lipinski definition) is 3. The Labute approximate surface area is 105 Å². The molecule has 1 aromatic carbocycles. The highest BCUT2D eigenvalue weighted by molar-refractivity contribution is 5.78. The molecule has 1 rings (SSSR count). The molecule has 6 heteroatoms. The van der Waals surface area contributed by atoms with Crippen molar-refractivity contribution in [3.05, 3.63) is 29.8 Å². The summed E-state index contributed by atoms with van der Waals surface area (Å²) >= 11 is 0. The van der Waals surface area contributed by atoms with Gasteiger partial charge in [0.05, 0.1) is 13.0 Å². The van der Waals surface area contributed by atoms with E-state index in [-0.39, 0.29) is 25.5 Å². The van der Waals surface area contributed by atoms with E-state index < -0.39 is 5.97 Å². The van der Waals surface area contributed by atoms with Crippen LogP contribution in [0.5, 0.6) is 0 Å². The topological polar surface area (TPSA) is 102 Å². The predicted octanol–water partition coefficient (Wildman–Crippen LogP) is 0.0287. The standard InChI is InChI=1S/C12H16N2O4/c13-10-3-1-9(2-4-10)7-11(15)14-5-6-18-8-12(16)17/h1-4H,5-8,13H2,(H,14,15)(H,16,17). The lowest BCUT2D eigenvalue weighted by atomic mass is 10.1. The van der Waals surface area contributed by atoms with Crippen LogP contribution in [0.4, 0.5) is 5.69 Å². The maximum Gasteiger partial charge on any atom is 0.329 e. The number of carboxylic acids is 1. The van der Waals surface area contributed by atoms with Crippen molar-refractivity contribution in [2.75, 3.05) is 25.5 Å². The van der Waals surface area contributed by atoms with E-state index in [1.807, 2.05) is 0 Å². The molecule has 0 heterocycles. The molecule has 98 valence electrons. The zero-order valence-electron chi connectivity index (χ0n) is 9.89. The minimum atomic E-state index is -1.02. The van der Waals surface area contributed by atoms with Crippen LogP contribution in [0.1, 0.15) is 5.56 Å². The molecule has 18 heavy (non-hydrogen) atoms. The van der Waals surface area contributed by atoms with Crippen molar-refractivity contribution in [3.63, 3.8) is 0 Å². The van der Waals surface area contributed by atoms with Gasteiger partial charge < -0.3 is 20.9 Å². The molecule has 0 aromatic heterocycles. The molecule has 0 saturated heterocycles. The summed E-state index contributed by atoms with van der Waals surface area (Å²) in [6, 6.07) is 7.04. The molecule has 0 atom stereocenters. The van der Waals surface area contributed by atoms with Crippen LogP contribution in [0, 0.1) is 0 Å². The van der Waals surface area contributed by atoms with E-state index in [4.69, 9.17) is 15.6 Å². The first-order chi connectivity index (χ1) is 8.58. The van der Waals surface area contributed by atoms with Gasteiger partial charge in [0.1, 0.15) is 6.61 Å². The number of carbonyl (C=O) groups is 2. The summed E-state index contributed by atoms with van der Waals surface area (Å²) < 4.78 is 4.78. The summed E-state index contributed by atoms with van der Waals surface area (Å²) in [4.78, 5) is 21.6. The highest BCUT2D eigenvalue weighted by Crippen LogP contribution is 2.05. The van der Waals surface area contributed by atoms with Crippen LogP contribution in [-0.2, 0) is 20.7 Å². The number of carboxylic acid groups (broad SMARTS) is 1. The highest BCUT2D eigenvalue weighted by atomic mass is 16.5. The minimum absolute atomic E-state index is 0.140. The number of nitrogens with one attached hydrogen (secondary N) is 1. The SMILES string of the molecule is Nc1ccc(CC(=O)NCCOCC(=O)O)cc1. The number of amides is 1. The van der Waals surface area contributed by atoms with Crippen LogP contribution in [0.2, 0.25) is 0 Å². The van der Waals surface area contributed by atoms with E-state index >= 15 is 0 Å². The van der Waals surface area contributed by atoms with Gasteiger partial charge in [-0.15, -0.1) is 0 Å². The molecular weight excluding hydrogens is 236 g/mol. The van der Waals surface area contributed by atoms with Gasteiger partial charge in [-0.05, 0) is 17.7 Å². The van der Waals surface area contributed by atoms with Crippen LogP contribution in [0.25, 0.3) is 0 Å². The van der Waals surface area contributed by atoms with Crippen molar-refractivity contribution < 1.29 is 19.4 Å². The van der Waals surface area contributed by atoms with Crippen molar-refractivity contribution >= 4 is 17.6 Å². The molecule has 0 saturated carbocycles. The summed E-state index contributed by atoms with van der Waals surface area (Å²) in [6.45, 7) is 0.120. The van der Waals surface area contributed by atoms with Crippen LogP contribution >= 0.6 is 0 Å². The molecule has 0 aliphatic carbocycles. The molecule has 0 fully saturated rings. The van der Waals surface area contributed by atoms with Crippen molar-refractivity contribution in [2.24, 2.45) is 0 Å². The van der Waals surface area contributed by atoms with E-state index in [1.165, 1.54) is 0 Å². The number of nitrogen functional groups attached to an aromatic ring is 1. The number of hydrogen-bond acceptors (Lipinski definition) is 4. The summed E-state index contributed by atoms with van der Waals surface area (Å²) in [7, 11) is 0. The second-order valence-electron chi connectivity index (χ2n) is 3.71. The molecule has 6 nitrogen and oxygen atoms in total. The van der Waals surface area contributed by atoms with E-state index in [9.17, 15) is 9.59 Å². The molecule has 0 radical (unpaired) electrons. The summed E-state index contributed by atoms with van der Waals surface area (Å²) in [5.41, 5.74) is 7.05. The van der Waals surface area contributed by atoms with Gasteiger partial charge in [-0.3, -0.25) is 4.79 Å². The Morgan fingerprint density at radius 1 is 1.28 bits per heavy atom. The quantitative estimate of drug-likeness (QED) is 0.469. The average molecular weight is 252 g/mol. The van der Waals surface area contributed by atoms with Crippen molar-refractivity contribution in [2.45, 2.75) is 6.42 Å². The fourth-order valence-electron chi connectivity index (χ4n) is 1.31. The smallest absolute Gasteiger partial charge is 0.329 e. The van der Waals surface area contributed by atoms with Gasteiger partial charge in [0.25, 0.3) is 0 Å². The molecule has 1 aromatic rings. The van der Waals surface area contributed by atoms with E-state index in [0.717, 1.165) is 5.56 Å².